The number of carboxylic acid groups (broad SMARTS) is 1. The summed E-state index contributed by atoms with van der Waals surface area (Å²) in [7, 11) is 0. The van der Waals surface area contributed by atoms with E-state index in [0.29, 0.717) is 24.5 Å². The van der Waals surface area contributed by atoms with Gasteiger partial charge >= 0.3 is 5.97 Å². The number of furan rings is 1. The van der Waals surface area contributed by atoms with Crippen molar-refractivity contribution in [3.63, 3.8) is 0 Å². The normalized spacial score (nSPS) is 12.3. The first kappa shape index (κ1) is 17.7. The van der Waals surface area contributed by atoms with E-state index in [9.17, 15) is 20.0 Å². The van der Waals surface area contributed by atoms with Gasteiger partial charge in [-0.15, -0.1) is 0 Å². The van der Waals surface area contributed by atoms with Gasteiger partial charge in [0.15, 0.2) is 0 Å². The van der Waals surface area contributed by atoms with Gasteiger partial charge in [-0.25, -0.2) is 0 Å². The zero-order valence-corrected chi connectivity index (χ0v) is 13.6. The summed E-state index contributed by atoms with van der Waals surface area (Å²) >= 11 is 0. The van der Waals surface area contributed by atoms with Crippen molar-refractivity contribution in [3.05, 3.63) is 52.3 Å². The first-order valence-electron chi connectivity index (χ1n) is 7.66. The van der Waals surface area contributed by atoms with Crippen LogP contribution in [0, 0.1) is 16.0 Å². The number of rotatable bonds is 8. The Balaban J connectivity index is 2.02. The highest BCUT2D eigenvalue weighted by molar-refractivity contribution is 5.73. The van der Waals surface area contributed by atoms with E-state index < -0.39 is 16.9 Å². The van der Waals surface area contributed by atoms with E-state index >= 15 is 0 Å². The first-order valence-corrected chi connectivity index (χ1v) is 7.66. The predicted octanol–water partition coefficient (Wildman–Crippen LogP) is 3.44. The largest absolute Gasteiger partial charge is 0.480 e. The molecule has 0 aliphatic heterocycles. The quantitative estimate of drug-likeness (QED) is 0.566. The topological polar surface area (TPSA) is 106 Å². The molecule has 0 bridgehead atoms. The van der Waals surface area contributed by atoms with Gasteiger partial charge in [0.2, 0.25) is 0 Å². The second kappa shape index (κ2) is 7.74. The van der Waals surface area contributed by atoms with Crippen molar-refractivity contribution in [3.8, 4) is 11.3 Å². The number of nitrogens with zero attached hydrogens (tertiary/aromatic N) is 1. The summed E-state index contributed by atoms with van der Waals surface area (Å²) in [6.45, 7) is 4.24. The minimum atomic E-state index is -0.883. The van der Waals surface area contributed by atoms with Gasteiger partial charge in [0.1, 0.15) is 17.6 Å². The van der Waals surface area contributed by atoms with Crippen LogP contribution in [0.2, 0.25) is 0 Å². The molecule has 0 saturated carbocycles. The van der Waals surface area contributed by atoms with Gasteiger partial charge in [-0.2, -0.15) is 0 Å². The fourth-order valence-corrected chi connectivity index (χ4v) is 2.34. The molecule has 24 heavy (non-hydrogen) atoms. The lowest BCUT2D eigenvalue weighted by atomic mass is 10.0. The van der Waals surface area contributed by atoms with Gasteiger partial charge in [0.05, 0.1) is 11.5 Å². The van der Waals surface area contributed by atoms with E-state index in [0.717, 1.165) is 5.56 Å². The molecule has 1 heterocycles. The maximum Gasteiger partial charge on any atom is 0.320 e. The van der Waals surface area contributed by atoms with Crippen molar-refractivity contribution in [1.82, 2.24) is 5.32 Å². The molecule has 2 rings (SSSR count). The third-order valence-electron chi connectivity index (χ3n) is 3.55. The van der Waals surface area contributed by atoms with E-state index in [1.54, 1.807) is 24.3 Å². The Hall–Kier alpha value is -2.67. The predicted molar refractivity (Wildman–Crippen MR) is 88.5 cm³/mol. The van der Waals surface area contributed by atoms with Crippen LogP contribution in [-0.4, -0.2) is 22.0 Å². The molecule has 0 fully saturated rings. The summed E-state index contributed by atoms with van der Waals surface area (Å²) in [5.41, 5.74) is 0.744. The van der Waals surface area contributed by atoms with Crippen LogP contribution in [0.15, 0.2) is 40.8 Å². The standard InChI is InChI=1S/C17H20N2O5/c1-11(2)9-15(17(20)21)18-10-14-7-8-16(24-14)12-3-5-13(6-4-12)19(22)23/h3-8,11,15,18H,9-10H2,1-2H3,(H,20,21)/t15-/m1/s1. The summed E-state index contributed by atoms with van der Waals surface area (Å²) in [5.74, 6) is 0.576. The van der Waals surface area contributed by atoms with Gasteiger partial charge in [0.25, 0.3) is 5.69 Å². The number of aliphatic carboxylic acids is 1. The number of nitro benzene ring substituents is 1. The number of non-ortho nitro benzene ring substituents is 1. The Bertz CT molecular complexity index is 706. The van der Waals surface area contributed by atoms with Crippen LogP contribution in [0.4, 0.5) is 5.69 Å². The summed E-state index contributed by atoms with van der Waals surface area (Å²) in [5, 5.41) is 22.8. The van der Waals surface area contributed by atoms with Crippen molar-refractivity contribution in [1.29, 1.82) is 0 Å². The Kier molecular flexibility index (Phi) is 5.70. The second-order valence-electron chi connectivity index (χ2n) is 5.97. The van der Waals surface area contributed by atoms with Gasteiger partial charge in [-0.3, -0.25) is 20.2 Å². The second-order valence-corrected chi connectivity index (χ2v) is 5.97. The number of carboxylic acids is 1. The number of carbonyl (C=O) groups is 1. The van der Waals surface area contributed by atoms with Crippen LogP contribution in [0.5, 0.6) is 0 Å². The molecule has 0 spiro atoms. The molecule has 0 saturated heterocycles. The van der Waals surface area contributed by atoms with E-state index in [-0.39, 0.29) is 11.6 Å². The SMILES string of the molecule is CC(C)C[C@@H](NCc1ccc(-c2ccc([N+](=O)[O-])cc2)o1)C(=O)O. The van der Waals surface area contributed by atoms with Gasteiger partial charge in [0, 0.05) is 17.7 Å². The van der Waals surface area contributed by atoms with E-state index in [1.807, 2.05) is 13.8 Å². The van der Waals surface area contributed by atoms with E-state index in [1.165, 1.54) is 12.1 Å². The minimum absolute atomic E-state index is 0.0187. The molecule has 2 aromatic rings. The Labute approximate surface area is 139 Å². The van der Waals surface area contributed by atoms with Gasteiger partial charge in [-0.1, -0.05) is 13.8 Å². The molecular weight excluding hydrogens is 312 g/mol. The maximum absolute atomic E-state index is 11.2. The summed E-state index contributed by atoms with van der Waals surface area (Å²) in [6.07, 6.45) is 0.533. The molecule has 2 N–H and O–H groups in total. The van der Waals surface area contributed by atoms with Crippen molar-refractivity contribution in [2.75, 3.05) is 0 Å². The number of nitro groups is 1. The monoisotopic (exact) mass is 332 g/mol. The number of nitrogens with one attached hydrogen (secondary N) is 1. The lowest BCUT2D eigenvalue weighted by molar-refractivity contribution is -0.384. The summed E-state index contributed by atoms with van der Waals surface area (Å²) < 4.78 is 5.68. The van der Waals surface area contributed by atoms with Crippen LogP contribution in [-0.2, 0) is 11.3 Å². The summed E-state index contributed by atoms with van der Waals surface area (Å²) in [6, 6.07) is 8.96. The van der Waals surface area contributed by atoms with Crippen LogP contribution < -0.4 is 5.32 Å². The third kappa shape index (κ3) is 4.66. The molecule has 0 radical (unpaired) electrons. The van der Waals surface area contributed by atoms with Gasteiger partial charge < -0.3 is 9.52 Å². The average Bonchev–Trinajstić information content (AvgIpc) is 2.99. The maximum atomic E-state index is 11.2. The van der Waals surface area contributed by atoms with Crippen molar-refractivity contribution < 1.29 is 19.2 Å². The molecule has 0 amide bonds. The van der Waals surface area contributed by atoms with Crippen LogP contribution >= 0.6 is 0 Å². The fraction of sp³-hybridized carbons (Fsp3) is 0.353. The van der Waals surface area contributed by atoms with Gasteiger partial charge in [-0.05, 0) is 36.6 Å². The molecule has 0 unspecified atom stereocenters. The fourth-order valence-electron chi connectivity index (χ4n) is 2.34. The van der Waals surface area contributed by atoms with Crippen molar-refractivity contribution >= 4 is 11.7 Å². The lowest BCUT2D eigenvalue weighted by Crippen LogP contribution is -2.37. The zero-order chi connectivity index (χ0) is 17.7. The zero-order valence-electron chi connectivity index (χ0n) is 13.6. The Morgan fingerprint density at radius 3 is 2.46 bits per heavy atom. The van der Waals surface area contributed by atoms with Crippen LogP contribution in [0.25, 0.3) is 11.3 Å². The highest BCUT2D eigenvalue weighted by atomic mass is 16.6. The molecule has 7 heteroatoms. The van der Waals surface area contributed by atoms with E-state index in [4.69, 9.17) is 4.42 Å². The molecule has 0 aliphatic carbocycles. The third-order valence-corrected chi connectivity index (χ3v) is 3.55. The smallest absolute Gasteiger partial charge is 0.320 e. The van der Waals surface area contributed by atoms with Crippen molar-refractivity contribution in [2.45, 2.75) is 32.9 Å². The molecular formula is C17H20N2O5. The number of hydrogen-bond acceptors (Lipinski definition) is 5. The first-order chi connectivity index (χ1) is 11.4. The Morgan fingerprint density at radius 1 is 1.25 bits per heavy atom. The minimum Gasteiger partial charge on any atom is -0.480 e. The average molecular weight is 332 g/mol. The van der Waals surface area contributed by atoms with Crippen LogP contribution in [0.3, 0.4) is 0 Å². The van der Waals surface area contributed by atoms with E-state index in [2.05, 4.69) is 5.32 Å². The van der Waals surface area contributed by atoms with Crippen LogP contribution in [0.1, 0.15) is 26.0 Å². The number of hydrogen-bond donors (Lipinski definition) is 2. The van der Waals surface area contributed by atoms with Crippen molar-refractivity contribution in [2.24, 2.45) is 5.92 Å². The Morgan fingerprint density at radius 2 is 1.92 bits per heavy atom. The number of benzene rings is 1. The highest BCUT2D eigenvalue weighted by Gasteiger charge is 2.18. The molecule has 0 aliphatic rings. The molecule has 1 aromatic carbocycles. The lowest BCUT2D eigenvalue weighted by Gasteiger charge is -2.15. The highest BCUT2D eigenvalue weighted by Crippen LogP contribution is 2.24. The molecule has 1 aromatic heterocycles. The summed E-state index contributed by atoms with van der Waals surface area (Å²) in [4.78, 5) is 21.4. The molecule has 7 nitrogen and oxygen atoms in total. The molecule has 128 valence electrons. The molecule has 1 atom stereocenters.